The van der Waals surface area contributed by atoms with E-state index < -0.39 is 0 Å². The van der Waals surface area contributed by atoms with Crippen LogP contribution >= 0.6 is 0 Å². The number of hydrogen-bond donors (Lipinski definition) is 1. The van der Waals surface area contributed by atoms with Gasteiger partial charge in [0, 0.05) is 31.3 Å². The molecule has 3 heterocycles. The highest BCUT2D eigenvalue weighted by atomic mass is 16.5. The topological polar surface area (TPSA) is 98.1 Å². The second-order valence-corrected chi connectivity index (χ2v) is 5.67. The number of carbonyl (C=O) groups excluding carboxylic acids is 1. The zero-order valence-electron chi connectivity index (χ0n) is 12.5. The lowest BCUT2D eigenvalue weighted by Crippen LogP contribution is -2.37. The standard InChI is InChI=1S/C15H19N5O2/c1-10-18-15(22-19-10)12-4-5-17-14(8-12)20-6-2-3-11(9-20)7-13(16)21/h4-5,8,11H,2-3,6-7,9H2,1H3,(H2,16,21). The Morgan fingerprint density at radius 3 is 3.14 bits per heavy atom. The van der Waals surface area contributed by atoms with Crippen LogP contribution in [0.4, 0.5) is 5.82 Å². The zero-order chi connectivity index (χ0) is 15.5. The van der Waals surface area contributed by atoms with Gasteiger partial charge in [0.25, 0.3) is 5.89 Å². The van der Waals surface area contributed by atoms with Gasteiger partial charge in [0.15, 0.2) is 5.82 Å². The molecular formula is C15H19N5O2. The fourth-order valence-corrected chi connectivity index (χ4v) is 2.86. The van der Waals surface area contributed by atoms with Gasteiger partial charge in [-0.2, -0.15) is 4.98 Å². The van der Waals surface area contributed by atoms with E-state index in [0.29, 0.717) is 24.1 Å². The third kappa shape index (κ3) is 3.24. The van der Waals surface area contributed by atoms with Gasteiger partial charge in [0.1, 0.15) is 5.82 Å². The molecule has 1 aliphatic rings. The van der Waals surface area contributed by atoms with Crippen molar-refractivity contribution in [2.75, 3.05) is 18.0 Å². The van der Waals surface area contributed by atoms with E-state index in [0.717, 1.165) is 37.3 Å². The zero-order valence-corrected chi connectivity index (χ0v) is 12.5. The van der Waals surface area contributed by atoms with E-state index in [1.165, 1.54) is 0 Å². The number of aromatic nitrogens is 3. The number of hydrogen-bond acceptors (Lipinski definition) is 6. The number of nitrogens with zero attached hydrogens (tertiary/aromatic N) is 4. The Kier molecular flexibility index (Phi) is 4.04. The minimum atomic E-state index is -0.241. The summed E-state index contributed by atoms with van der Waals surface area (Å²) in [5.74, 6) is 2.01. The maximum atomic E-state index is 11.1. The molecule has 2 N–H and O–H groups in total. The van der Waals surface area contributed by atoms with Crippen molar-refractivity contribution in [1.82, 2.24) is 15.1 Å². The van der Waals surface area contributed by atoms with Crippen LogP contribution in [0.1, 0.15) is 25.1 Å². The Bertz CT molecular complexity index is 669. The van der Waals surface area contributed by atoms with Crippen LogP contribution in [0.25, 0.3) is 11.5 Å². The molecule has 0 spiro atoms. The highest BCUT2D eigenvalue weighted by Gasteiger charge is 2.22. The molecule has 1 fully saturated rings. The highest BCUT2D eigenvalue weighted by molar-refractivity contribution is 5.74. The van der Waals surface area contributed by atoms with Crippen LogP contribution in [-0.2, 0) is 4.79 Å². The fourth-order valence-electron chi connectivity index (χ4n) is 2.86. The van der Waals surface area contributed by atoms with Gasteiger partial charge in [-0.3, -0.25) is 4.79 Å². The summed E-state index contributed by atoms with van der Waals surface area (Å²) in [5, 5.41) is 3.81. The number of piperidine rings is 1. The Morgan fingerprint density at radius 1 is 1.55 bits per heavy atom. The van der Waals surface area contributed by atoms with E-state index in [1.54, 1.807) is 13.1 Å². The predicted molar refractivity (Wildman–Crippen MR) is 81.0 cm³/mol. The van der Waals surface area contributed by atoms with Crippen LogP contribution in [0.2, 0.25) is 0 Å². The number of anilines is 1. The van der Waals surface area contributed by atoms with E-state index in [2.05, 4.69) is 20.0 Å². The molecule has 0 aromatic carbocycles. The minimum Gasteiger partial charge on any atom is -0.370 e. The largest absolute Gasteiger partial charge is 0.370 e. The summed E-state index contributed by atoms with van der Waals surface area (Å²) in [6.45, 7) is 3.50. The second-order valence-electron chi connectivity index (χ2n) is 5.67. The van der Waals surface area contributed by atoms with Crippen LogP contribution in [0.3, 0.4) is 0 Å². The van der Waals surface area contributed by atoms with Crippen molar-refractivity contribution in [3.05, 3.63) is 24.2 Å². The average molecular weight is 301 g/mol. The molecule has 7 heteroatoms. The Hall–Kier alpha value is -2.44. The first kappa shape index (κ1) is 14.5. The molecule has 1 unspecified atom stereocenters. The first-order chi connectivity index (χ1) is 10.6. The van der Waals surface area contributed by atoms with Crippen LogP contribution in [0.15, 0.2) is 22.9 Å². The van der Waals surface area contributed by atoms with E-state index >= 15 is 0 Å². The average Bonchev–Trinajstić information content (AvgIpc) is 2.94. The third-order valence-electron chi connectivity index (χ3n) is 3.85. The molecule has 2 aromatic heterocycles. The molecule has 0 bridgehead atoms. The number of carbonyl (C=O) groups is 1. The number of primary amides is 1. The van der Waals surface area contributed by atoms with E-state index in [4.69, 9.17) is 10.3 Å². The van der Waals surface area contributed by atoms with Crippen molar-refractivity contribution in [3.63, 3.8) is 0 Å². The lowest BCUT2D eigenvalue weighted by Gasteiger charge is -2.33. The molecule has 0 saturated carbocycles. The molecule has 1 aliphatic heterocycles. The van der Waals surface area contributed by atoms with Gasteiger partial charge in [-0.25, -0.2) is 4.98 Å². The van der Waals surface area contributed by atoms with Crippen molar-refractivity contribution in [3.8, 4) is 11.5 Å². The summed E-state index contributed by atoms with van der Waals surface area (Å²) in [4.78, 5) is 22.0. The quantitative estimate of drug-likeness (QED) is 0.919. The smallest absolute Gasteiger partial charge is 0.258 e. The molecule has 1 amide bonds. The summed E-state index contributed by atoms with van der Waals surface area (Å²) in [5.41, 5.74) is 6.16. The summed E-state index contributed by atoms with van der Waals surface area (Å²) < 4.78 is 5.20. The number of amides is 1. The minimum absolute atomic E-state index is 0.241. The summed E-state index contributed by atoms with van der Waals surface area (Å²) in [6, 6.07) is 3.79. The molecule has 2 aromatic rings. The van der Waals surface area contributed by atoms with Crippen LogP contribution in [0, 0.1) is 12.8 Å². The molecule has 1 atom stereocenters. The van der Waals surface area contributed by atoms with Crippen LogP contribution in [-0.4, -0.2) is 34.1 Å². The molecule has 116 valence electrons. The number of rotatable bonds is 4. The maximum Gasteiger partial charge on any atom is 0.258 e. The maximum absolute atomic E-state index is 11.1. The van der Waals surface area contributed by atoms with Crippen LogP contribution < -0.4 is 10.6 Å². The first-order valence-electron chi connectivity index (χ1n) is 7.42. The summed E-state index contributed by atoms with van der Waals surface area (Å²) >= 11 is 0. The van der Waals surface area contributed by atoms with E-state index in [9.17, 15) is 4.79 Å². The van der Waals surface area contributed by atoms with Crippen molar-refractivity contribution >= 4 is 11.7 Å². The Labute approximate surface area is 128 Å². The fraction of sp³-hybridized carbons (Fsp3) is 0.467. The van der Waals surface area contributed by atoms with Crippen molar-refractivity contribution in [2.45, 2.75) is 26.2 Å². The molecule has 1 saturated heterocycles. The van der Waals surface area contributed by atoms with E-state index in [-0.39, 0.29) is 5.91 Å². The van der Waals surface area contributed by atoms with E-state index in [1.807, 2.05) is 12.1 Å². The van der Waals surface area contributed by atoms with Gasteiger partial charge in [-0.1, -0.05) is 5.16 Å². The monoisotopic (exact) mass is 301 g/mol. The SMILES string of the molecule is Cc1noc(-c2ccnc(N3CCCC(CC(N)=O)C3)c2)n1. The molecule has 3 rings (SSSR count). The van der Waals surface area contributed by atoms with Gasteiger partial charge >= 0.3 is 0 Å². The number of nitrogens with two attached hydrogens (primary N) is 1. The lowest BCUT2D eigenvalue weighted by atomic mass is 9.94. The molecular weight excluding hydrogens is 282 g/mol. The summed E-state index contributed by atoms with van der Waals surface area (Å²) in [6.07, 6.45) is 4.23. The first-order valence-corrected chi connectivity index (χ1v) is 7.42. The van der Waals surface area contributed by atoms with Crippen molar-refractivity contribution in [2.24, 2.45) is 11.7 Å². The van der Waals surface area contributed by atoms with Crippen molar-refractivity contribution < 1.29 is 9.32 Å². The molecule has 0 radical (unpaired) electrons. The Morgan fingerprint density at radius 2 is 2.41 bits per heavy atom. The lowest BCUT2D eigenvalue weighted by molar-refractivity contribution is -0.118. The van der Waals surface area contributed by atoms with Gasteiger partial charge in [-0.15, -0.1) is 0 Å². The Balaban J connectivity index is 1.78. The normalized spacial score (nSPS) is 18.4. The van der Waals surface area contributed by atoms with Crippen molar-refractivity contribution in [1.29, 1.82) is 0 Å². The van der Waals surface area contributed by atoms with Gasteiger partial charge in [0.05, 0.1) is 0 Å². The number of aryl methyl sites for hydroxylation is 1. The molecule has 22 heavy (non-hydrogen) atoms. The van der Waals surface area contributed by atoms with Gasteiger partial charge < -0.3 is 15.2 Å². The molecule has 7 nitrogen and oxygen atoms in total. The van der Waals surface area contributed by atoms with Gasteiger partial charge in [-0.05, 0) is 37.8 Å². The summed E-state index contributed by atoms with van der Waals surface area (Å²) in [7, 11) is 0. The van der Waals surface area contributed by atoms with Crippen LogP contribution in [0.5, 0.6) is 0 Å². The van der Waals surface area contributed by atoms with Gasteiger partial charge in [0.2, 0.25) is 5.91 Å². The predicted octanol–water partition coefficient (Wildman–Crippen LogP) is 1.53. The second kappa shape index (κ2) is 6.13. The highest BCUT2D eigenvalue weighted by Crippen LogP contribution is 2.26. The number of pyridine rings is 1. The molecule has 0 aliphatic carbocycles. The third-order valence-corrected chi connectivity index (χ3v) is 3.85.